The third kappa shape index (κ3) is 3.60. The van der Waals surface area contributed by atoms with E-state index in [-0.39, 0.29) is 23.4 Å². The number of benzene rings is 1. The Morgan fingerprint density at radius 2 is 2.10 bits per heavy atom. The lowest BCUT2D eigenvalue weighted by Crippen LogP contribution is -2.44. The van der Waals surface area contributed by atoms with Crippen LogP contribution in [0.15, 0.2) is 35.1 Å². The van der Waals surface area contributed by atoms with Gasteiger partial charge in [-0.2, -0.15) is 4.52 Å². The van der Waals surface area contributed by atoms with Crippen LogP contribution in [0.25, 0.3) is 4.96 Å². The normalized spacial score (nSPS) is 21.4. The van der Waals surface area contributed by atoms with Gasteiger partial charge in [-0.05, 0) is 50.2 Å². The van der Waals surface area contributed by atoms with Crippen LogP contribution in [0.4, 0.5) is 5.13 Å². The Morgan fingerprint density at radius 3 is 3.00 bits per heavy atom. The van der Waals surface area contributed by atoms with Gasteiger partial charge in [-0.15, -0.1) is 5.10 Å². The molecule has 1 aromatic carbocycles. The van der Waals surface area contributed by atoms with Gasteiger partial charge in [-0.25, -0.2) is 4.98 Å². The van der Waals surface area contributed by atoms with Gasteiger partial charge in [0.2, 0.25) is 16.0 Å². The van der Waals surface area contributed by atoms with E-state index in [1.54, 1.807) is 0 Å². The number of carbonyl (C=O) groups is 1. The summed E-state index contributed by atoms with van der Waals surface area (Å²) in [5.74, 6) is 0.0416. The van der Waals surface area contributed by atoms with Gasteiger partial charge in [0.25, 0.3) is 5.56 Å². The van der Waals surface area contributed by atoms with E-state index in [0.29, 0.717) is 17.2 Å². The van der Waals surface area contributed by atoms with Crippen molar-refractivity contribution in [1.29, 1.82) is 0 Å². The maximum Gasteiger partial charge on any atom is 0.275 e. The molecule has 2 unspecified atom stereocenters. The maximum absolute atomic E-state index is 13.1. The molecule has 0 spiro atoms. The molecule has 1 fully saturated rings. The third-order valence-corrected chi connectivity index (χ3v) is 7.08. The summed E-state index contributed by atoms with van der Waals surface area (Å²) in [6.45, 7) is 3.27. The second-order valence-corrected chi connectivity index (χ2v) is 9.19. The number of hydrogen-bond acceptors (Lipinski definition) is 6. The molecule has 3 heterocycles. The summed E-state index contributed by atoms with van der Waals surface area (Å²) >= 11 is 1.41. The Balaban J connectivity index is 1.32. The predicted molar refractivity (Wildman–Crippen MR) is 117 cm³/mol. The molecule has 1 aliphatic carbocycles. The number of nitrogens with one attached hydrogen (secondary N) is 1. The van der Waals surface area contributed by atoms with Crippen LogP contribution >= 0.6 is 11.3 Å². The highest BCUT2D eigenvalue weighted by Gasteiger charge is 2.30. The first-order valence-electron chi connectivity index (χ1n) is 10.6. The highest BCUT2D eigenvalue weighted by molar-refractivity contribution is 7.20. The molecular weight excluding hydrogens is 398 g/mol. The van der Waals surface area contributed by atoms with Gasteiger partial charge >= 0.3 is 0 Å². The Bertz CT molecular complexity index is 1150. The van der Waals surface area contributed by atoms with Crippen molar-refractivity contribution < 1.29 is 4.79 Å². The van der Waals surface area contributed by atoms with Crippen molar-refractivity contribution in [2.24, 2.45) is 5.92 Å². The first kappa shape index (κ1) is 19.2. The van der Waals surface area contributed by atoms with Crippen LogP contribution in [-0.2, 0) is 11.2 Å². The molecule has 2 aliphatic rings. The highest BCUT2D eigenvalue weighted by Crippen LogP contribution is 2.31. The zero-order valence-corrected chi connectivity index (χ0v) is 17.8. The van der Waals surface area contributed by atoms with Crippen LogP contribution < -0.4 is 15.8 Å². The molecule has 156 valence electrons. The minimum atomic E-state index is -0.165. The standard InChI is InChI=1S/C22H25N5O2S/c1-14-12-19(28)27-21(23-14)30-22(25-27)26-11-5-8-16(13-26)20(29)24-18-10-4-7-15-6-2-3-9-17(15)18/h2-3,6,9,12,16,18H,4-5,7-8,10-11,13H2,1H3,(H,24,29). The van der Waals surface area contributed by atoms with Gasteiger partial charge in [0.05, 0.1) is 12.0 Å². The first-order chi connectivity index (χ1) is 14.6. The molecule has 30 heavy (non-hydrogen) atoms. The van der Waals surface area contributed by atoms with Crippen LogP contribution in [0.5, 0.6) is 0 Å². The molecule has 5 rings (SSSR count). The highest BCUT2D eigenvalue weighted by atomic mass is 32.1. The number of hydrogen-bond donors (Lipinski definition) is 1. The Hall–Kier alpha value is -2.74. The van der Waals surface area contributed by atoms with Crippen molar-refractivity contribution in [2.45, 2.75) is 45.1 Å². The van der Waals surface area contributed by atoms with Gasteiger partial charge in [0.15, 0.2) is 0 Å². The fourth-order valence-corrected chi connectivity index (χ4v) is 5.58. The van der Waals surface area contributed by atoms with Crippen LogP contribution in [0.3, 0.4) is 0 Å². The second-order valence-electron chi connectivity index (χ2n) is 8.25. The number of piperidine rings is 1. The summed E-state index contributed by atoms with van der Waals surface area (Å²) in [5.41, 5.74) is 3.14. The number of amides is 1. The van der Waals surface area contributed by atoms with Gasteiger partial charge in [-0.1, -0.05) is 35.6 Å². The number of anilines is 1. The maximum atomic E-state index is 13.1. The summed E-state index contributed by atoms with van der Waals surface area (Å²) in [6.07, 6.45) is 4.98. The zero-order valence-electron chi connectivity index (χ0n) is 17.0. The van der Waals surface area contributed by atoms with Crippen molar-refractivity contribution in [1.82, 2.24) is 19.9 Å². The number of carbonyl (C=O) groups excluding carboxylic acids is 1. The molecule has 2 aromatic heterocycles. The minimum absolute atomic E-state index is 0.0775. The van der Waals surface area contributed by atoms with Crippen molar-refractivity contribution >= 4 is 27.3 Å². The van der Waals surface area contributed by atoms with E-state index in [1.165, 1.54) is 33.0 Å². The number of aryl methyl sites for hydroxylation is 2. The Labute approximate surface area is 178 Å². The SMILES string of the molecule is Cc1cc(=O)n2nc(N3CCCC(C(=O)NC4CCCc5ccccc54)C3)sc2n1. The third-order valence-electron chi connectivity index (χ3n) is 6.11. The lowest BCUT2D eigenvalue weighted by Gasteiger charge is -2.33. The van der Waals surface area contributed by atoms with E-state index < -0.39 is 0 Å². The van der Waals surface area contributed by atoms with E-state index >= 15 is 0 Å². The molecule has 3 aromatic rings. The second kappa shape index (κ2) is 7.83. The molecule has 1 amide bonds. The number of aromatic nitrogens is 3. The van der Waals surface area contributed by atoms with Crippen LogP contribution in [0, 0.1) is 12.8 Å². The molecule has 0 bridgehead atoms. The van der Waals surface area contributed by atoms with Gasteiger partial charge in [0, 0.05) is 24.8 Å². The average Bonchev–Trinajstić information content (AvgIpc) is 3.19. The summed E-state index contributed by atoms with van der Waals surface area (Å²) in [5, 5.41) is 8.54. The quantitative estimate of drug-likeness (QED) is 0.701. The molecule has 1 aliphatic heterocycles. The molecular formula is C22H25N5O2S. The van der Waals surface area contributed by atoms with E-state index in [9.17, 15) is 9.59 Å². The molecule has 7 nitrogen and oxygen atoms in total. The van der Waals surface area contributed by atoms with Crippen LogP contribution in [0.2, 0.25) is 0 Å². The monoisotopic (exact) mass is 423 g/mol. The van der Waals surface area contributed by atoms with Gasteiger partial charge in [-0.3, -0.25) is 9.59 Å². The van der Waals surface area contributed by atoms with E-state index in [2.05, 4.69) is 44.6 Å². The van der Waals surface area contributed by atoms with Crippen LogP contribution in [-0.4, -0.2) is 33.6 Å². The van der Waals surface area contributed by atoms with Crippen molar-refractivity contribution in [3.05, 3.63) is 57.5 Å². The number of fused-ring (bicyclic) bond motifs is 2. The van der Waals surface area contributed by atoms with E-state index in [0.717, 1.165) is 43.8 Å². The van der Waals surface area contributed by atoms with Crippen molar-refractivity contribution in [3.63, 3.8) is 0 Å². The van der Waals surface area contributed by atoms with Crippen molar-refractivity contribution in [3.8, 4) is 0 Å². The van der Waals surface area contributed by atoms with E-state index in [4.69, 9.17) is 0 Å². The van der Waals surface area contributed by atoms with Crippen molar-refractivity contribution in [2.75, 3.05) is 18.0 Å². The topological polar surface area (TPSA) is 79.6 Å². The molecule has 1 saturated heterocycles. The molecule has 1 N–H and O–H groups in total. The van der Waals surface area contributed by atoms with E-state index in [1.807, 2.05) is 6.92 Å². The van der Waals surface area contributed by atoms with Gasteiger partial charge in [0.1, 0.15) is 0 Å². The molecule has 2 atom stereocenters. The lowest BCUT2D eigenvalue weighted by molar-refractivity contribution is -0.126. The minimum Gasteiger partial charge on any atom is -0.349 e. The largest absolute Gasteiger partial charge is 0.349 e. The van der Waals surface area contributed by atoms with Gasteiger partial charge < -0.3 is 10.2 Å². The Morgan fingerprint density at radius 1 is 1.23 bits per heavy atom. The summed E-state index contributed by atoms with van der Waals surface area (Å²) in [4.78, 5) is 32.4. The lowest BCUT2D eigenvalue weighted by atomic mass is 9.87. The molecule has 0 saturated carbocycles. The number of nitrogens with zero attached hydrogens (tertiary/aromatic N) is 4. The first-order valence-corrected chi connectivity index (χ1v) is 11.4. The summed E-state index contributed by atoms with van der Waals surface area (Å²) in [7, 11) is 0. The Kier molecular flexibility index (Phi) is 5.02. The predicted octanol–water partition coefficient (Wildman–Crippen LogP) is 2.87. The fourth-order valence-electron chi connectivity index (χ4n) is 4.60. The zero-order chi connectivity index (χ0) is 20.7. The smallest absolute Gasteiger partial charge is 0.275 e. The molecule has 8 heteroatoms. The average molecular weight is 424 g/mol. The molecule has 0 radical (unpaired) electrons. The summed E-state index contributed by atoms with van der Waals surface area (Å²) in [6, 6.07) is 10.0. The fraction of sp³-hybridized carbons (Fsp3) is 0.455. The summed E-state index contributed by atoms with van der Waals surface area (Å²) < 4.78 is 1.36. The van der Waals surface area contributed by atoms with Crippen LogP contribution in [0.1, 0.15) is 48.5 Å². The number of rotatable bonds is 3.